The van der Waals surface area contributed by atoms with Crippen LogP contribution >= 0.6 is 0 Å². The zero-order chi connectivity index (χ0) is 13.5. The molecule has 0 saturated heterocycles. The molecule has 0 atom stereocenters. The lowest BCUT2D eigenvalue weighted by atomic mass is 10.2. The molecule has 0 aliphatic rings. The van der Waals surface area contributed by atoms with Gasteiger partial charge in [0, 0.05) is 5.56 Å². The third kappa shape index (κ3) is 5.19. The van der Waals surface area contributed by atoms with Crippen molar-refractivity contribution in [3.8, 4) is 5.75 Å². The Morgan fingerprint density at radius 1 is 1.17 bits per heavy atom. The number of ether oxygens (including phenoxy) is 1. The average molecular weight is 251 g/mol. The lowest BCUT2D eigenvalue weighted by Gasteiger charge is -2.10. The molecule has 1 amide bonds. The second kappa shape index (κ2) is 7.01. The summed E-state index contributed by atoms with van der Waals surface area (Å²) < 4.78 is 5.50. The molecule has 0 aliphatic carbocycles. The Balaban J connectivity index is 2.48. The van der Waals surface area contributed by atoms with Crippen molar-refractivity contribution in [2.45, 2.75) is 33.8 Å². The van der Waals surface area contributed by atoms with Gasteiger partial charge < -0.3 is 4.74 Å². The first kappa shape index (κ1) is 14.5. The van der Waals surface area contributed by atoms with Crippen LogP contribution in [-0.2, 0) is 4.84 Å². The number of nitrogens with one attached hydrogen (secondary N) is 1. The summed E-state index contributed by atoms with van der Waals surface area (Å²) in [6.07, 6.45) is 0.124. The highest BCUT2D eigenvalue weighted by Gasteiger charge is 2.06. The summed E-state index contributed by atoms with van der Waals surface area (Å²) >= 11 is 0. The minimum absolute atomic E-state index is 0.124. The lowest BCUT2D eigenvalue weighted by molar-refractivity contribution is 0.0208. The molecule has 100 valence electrons. The zero-order valence-corrected chi connectivity index (χ0v) is 11.4. The fourth-order valence-corrected chi connectivity index (χ4v) is 1.29. The number of rotatable bonds is 6. The SMILES string of the molecule is CC(C)CONC(=O)c1ccc(OC(C)C)cc1. The van der Waals surface area contributed by atoms with Crippen molar-refractivity contribution in [2.75, 3.05) is 6.61 Å². The Labute approximate surface area is 108 Å². The molecular formula is C14H21NO3. The van der Waals surface area contributed by atoms with Crippen LogP contribution in [0.1, 0.15) is 38.1 Å². The van der Waals surface area contributed by atoms with Crippen molar-refractivity contribution in [3.05, 3.63) is 29.8 Å². The van der Waals surface area contributed by atoms with Gasteiger partial charge in [-0.3, -0.25) is 9.63 Å². The van der Waals surface area contributed by atoms with Gasteiger partial charge in [-0.05, 0) is 44.0 Å². The number of amides is 1. The monoisotopic (exact) mass is 251 g/mol. The lowest BCUT2D eigenvalue weighted by Crippen LogP contribution is -2.25. The molecule has 0 unspecified atom stereocenters. The maximum Gasteiger partial charge on any atom is 0.274 e. The predicted octanol–water partition coefficient (Wildman–Crippen LogP) is 2.79. The van der Waals surface area contributed by atoms with Crippen molar-refractivity contribution >= 4 is 5.91 Å². The topological polar surface area (TPSA) is 47.6 Å². The van der Waals surface area contributed by atoms with Crippen molar-refractivity contribution in [1.29, 1.82) is 0 Å². The van der Waals surface area contributed by atoms with E-state index in [1.807, 2.05) is 27.7 Å². The summed E-state index contributed by atoms with van der Waals surface area (Å²) in [6.45, 7) is 8.45. The summed E-state index contributed by atoms with van der Waals surface area (Å²) in [6, 6.07) is 6.98. The van der Waals surface area contributed by atoms with Crippen LogP contribution in [0.5, 0.6) is 5.75 Å². The summed E-state index contributed by atoms with van der Waals surface area (Å²) in [7, 11) is 0. The summed E-state index contributed by atoms with van der Waals surface area (Å²) in [5, 5.41) is 0. The number of carbonyl (C=O) groups is 1. The Morgan fingerprint density at radius 2 is 1.78 bits per heavy atom. The van der Waals surface area contributed by atoms with Crippen LogP contribution in [0.4, 0.5) is 0 Å². The molecule has 0 spiro atoms. The van der Waals surface area contributed by atoms with Crippen LogP contribution in [-0.4, -0.2) is 18.6 Å². The van der Waals surface area contributed by atoms with Crippen LogP contribution in [0.25, 0.3) is 0 Å². The Bertz CT molecular complexity index is 371. The molecule has 0 radical (unpaired) electrons. The highest BCUT2D eigenvalue weighted by atomic mass is 16.6. The van der Waals surface area contributed by atoms with Gasteiger partial charge in [0.25, 0.3) is 5.91 Å². The highest BCUT2D eigenvalue weighted by molar-refractivity contribution is 5.93. The molecule has 0 fully saturated rings. The average Bonchev–Trinajstić information content (AvgIpc) is 2.28. The van der Waals surface area contributed by atoms with Gasteiger partial charge in [0.2, 0.25) is 0 Å². The zero-order valence-electron chi connectivity index (χ0n) is 11.4. The molecule has 1 N–H and O–H groups in total. The van der Waals surface area contributed by atoms with Crippen LogP contribution in [0.2, 0.25) is 0 Å². The molecular weight excluding hydrogens is 230 g/mol. The first-order chi connectivity index (χ1) is 8.49. The number of benzene rings is 1. The molecule has 1 aromatic rings. The van der Waals surface area contributed by atoms with Crippen molar-refractivity contribution in [2.24, 2.45) is 5.92 Å². The second-order valence-electron chi connectivity index (χ2n) is 4.83. The highest BCUT2D eigenvalue weighted by Crippen LogP contribution is 2.13. The van der Waals surface area contributed by atoms with Crippen LogP contribution in [0, 0.1) is 5.92 Å². The van der Waals surface area contributed by atoms with E-state index in [4.69, 9.17) is 9.57 Å². The summed E-state index contributed by atoms with van der Waals surface area (Å²) in [5.41, 5.74) is 2.96. The minimum atomic E-state index is -0.244. The first-order valence-corrected chi connectivity index (χ1v) is 6.18. The van der Waals surface area contributed by atoms with Gasteiger partial charge in [-0.25, -0.2) is 5.48 Å². The van der Waals surface area contributed by atoms with E-state index in [0.29, 0.717) is 18.1 Å². The molecule has 1 aromatic carbocycles. The van der Waals surface area contributed by atoms with E-state index >= 15 is 0 Å². The standard InChI is InChI=1S/C14H21NO3/c1-10(2)9-17-15-14(16)12-5-7-13(8-6-12)18-11(3)4/h5-8,10-11H,9H2,1-4H3,(H,15,16). The van der Waals surface area contributed by atoms with Gasteiger partial charge in [0.05, 0.1) is 12.7 Å². The molecule has 0 bridgehead atoms. The number of hydroxylamine groups is 1. The maximum absolute atomic E-state index is 11.7. The maximum atomic E-state index is 11.7. The molecule has 18 heavy (non-hydrogen) atoms. The van der Waals surface area contributed by atoms with E-state index in [2.05, 4.69) is 5.48 Å². The fourth-order valence-electron chi connectivity index (χ4n) is 1.29. The van der Waals surface area contributed by atoms with Crippen molar-refractivity contribution in [3.63, 3.8) is 0 Å². The molecule has 4 heteroatoms. The third-order valence-corrected chi connectivity index (χ3v) is 2.07. The van der Waals surface area contributed by atoms with Crippen molar-refractivity contribution < 1.29 is 14.4 Å². The quantitative estimate of drug-likeness (QED) is 0.791. The number of carbonyl (C=O) groups excluding carboxylic acids is 1. The molecule has 0 aliphatic heterocycles. The third-order valence-electron chi connectivity index (χ3n) is 2.07. The normalized spacial score (nSPS) is 10.8. The second-order valence-corrected chi connectivity index (χ2v) is 4.83. The van der Waals surface area contributed by atoms with Gasteiger partial charge in [-0.2, -0.15) is 0 Å². The van der Waals surface area contributed by atoms with Gasteiger partial charge in [-0.1, -0.05) is 13.8 Å². The largest absolute Gasteiger partial charge is 0.491 e. The Morgan fingerprint density at radius 3 is 2.28 bits per heavy atom. The Hall–Kier alpha value is -1.55. The van der Waals surface area contributed by atoms with Gasteiger partial charge in [0.15, 0.2) is 0 Å². The molecule has 0 heterocycles. The van der Waals surface area contributed by atoms with E-state index in [1.165, 1.54) is 0 Å². The van der Waals surface area contributed by atoms with Crippen LogP contribution in [0.3, 0.4) is 0 Å². The van der Waals surface area contributed by atoms with Crippen LogP contribution in [0.15, 0.2) is 24.3 Å². The Kier molecular flexibility index (Phi) is 5.65. The first-order valence-electron chi connectivity index (χ1n) is 6.18. The summed E-state index contributed by atoms with van der Waals surface area (Å²) in [4.78, 5) is 16.8. The number of hydrogen-bond donors (Lipinski definition) is 1. The molecule has 4 nitrogen and oxygen atoms in total. The van der Waals surface area contributed by atoms with E-state index in [9.17, 15) is 4.79 Å². The van der Waals surface area contributed by atoms with Gasteiger partial charge in [-0.15, -0.1) is 0 Å². The minimum Gasteiger partial charge on any atom is -0.491 e. The van der Waals surface area contributed by atoms with Crippen LogP contribution < -0.4 is 10.2 Å². The smallest absolute Gasteiger partial charge is 0.274 e. The van der Waals surface area contributed by atoms with Crippen molar-refractivity contribution in [1.82, 2.24) is 5.48 Å². The van der Waals surface area contributed by atoms with Gasteiger partial charge >= 0.3 is 0 Å². The molecule has 1 rings (SSSR count). The van der Waals surface area contributed by atoms with E-state index in [1.54, 1.807) is 24.3 Å². The summed E-state index contributed by atoms with van der Waals surface area (Å²) in [5.74, 6) is 0.892. The van der Waals surface area contributed by atoms with E-state index in [0.717, 1.165) is 5.75 Å². The number of hydrogen-bond acceptors (Lipinski definition) is 3. The molecule has 0 aromatic heterocycles. The fraction of sp³-hybridized carbons (Fsp3) is 0.500. The predicted molar refractivity (Wildman–Crippen MR) is 70.5 cm³/mol. The van der Waals surface area contributed by atoms with E-state index in [-0.39, 0.29) is 12.0 Å². The molecule has 0 saturated carbocycles. The van der Waals surface area contributed by atoms with Gasteiger partial charge in [0.1, 0.15) is 5.75 Å². The van der Waals surface area contributed by atoms with E-state index < -0.39 is 0 Å².